The lowest BCUT2D eigenvalue weighted by atomic mass is 9.85. The largest absolute Gasteiger partial charge is 0.383 e. The summed E-state index contributed by atoms with van der Waals surface area (Å²) in [6, 6.07) is 0.0125. The molecular weight excluding hydrogens is 310 g/mol. The lowest BCUT2D eigenvalue weighted by Crippen LogP contribution is -2.58. The Labute approximate surface area is 144 Å². The summed E-state index contributed by atoms with van der Waals surface area (Å²) in [6.07, 6.45) is 1.33. The number of carbonyl (C=O) groups excluding carboxylic acids is 2. The molecule has 0 aromatic rings. The van der Waals surface area contributed by atoms with E-state index in [0.29, 0.717) is 38.6 Å². The van der Waals surface area contributed by atoms with Crippen LogP contribution in [0.4, 0.5) is 4.79 Å². The van der Waals surface area contributed by atoms with Crippen LogP contribution < -0.4 is 0 Å². The second kappa shape index (κ2) is 7.80. The number of likely N-dealkylation sites (tertiary alicyclic amines) is 1. The van der Waals surface area contributed by atoms with Crippen molar-refractivity contribution in [3.05, 3.63) is 0 Å². The van der Waals surface area contributed by atoms with Crippen molar-refractivity contribution in [1.29, 1.82) is 0 Å². The van der Waals surface area contributed by atoms with Crippen LogP contribution in [-0.2, 0) is 14.3 Å². The summed E-state index contributed by atoms with van der Waals surface area (Å²) < 4.78 is 10.4. The highest BCUT2D eigenvalue weighted by molar-refractivity contribution is 6.07. The molecule has 0 aliphatic carbocycles. The normalized spacial score (nSPS) is 22.9. The number of hydrogen-bond donors (Lipinski definition) is 0. The van der Waals surface area contributed by atoms with Gasteiger partial charge in [-0.1, -0.05) is 0 Å². The van der Waals surface area contributed by atoms with Gasteiger partial charge < -0.3 is 14.4 Å². The predicted molar refractivity (Wildman–Crippen MR) is 90.8 cm³/mol. The van der Waals surface area contributed by atoms with E-state index in [-0.39, 0.29) is 18.0 Å². The molecule has 0 radical (unpaired) electrons. The Morgan fingerprint density at radius 3 is 2.21 bits per heavy atom. The van der Waals surface area contributed by atoms with E-state index in [9.17, 15) is 9.59 Å². The van der Waals surface area contributed by atoms with Gasteiger partial charge >= 0.3 is 6.03 Å². The van der Waals surface area contributed by atoms with Gasteiger partial charge in [0.05, 0.1) is 13.2 Å². The van der Waals surface area contributed by atoms with E-state index >= 15 is 0 Å². The monoisotopic (exact) mass is 341 g/mol. The number of methoxy groups -OCH3 is 2. The molecule has 138 valence electrons. The van der Waals surface area contributed by atoms with Gasteiger partial charge in [-0.15, -0.1) is 0 Å². The number of carbonyl (C=O) groups is 2. The van der Waals surface area contributed by atoms with Crippen LogP contribution in [0, 0.1) is 0 Å². The Kier molecular flexibility index (Phi) is 6.22. The molecule has 0 aromatic heterocycles. The number of urea groups is 1. The van der Waals surface area contributed by atoms with Gasteiger partial charge in [0.2, 0.25) is 0 Å². The van der Waals surface area contributed by atoms with E-state index in [1.807, 2.05) is 13.8 Å². The second-order valence-corrected chi connectivity index (χ2v) is 7.07. The first-order valence-corrected chi connectivity index (χ1v) is 8.76. The summed E-state index contributed by atoms with van der Waals surface area (Å²) >= 11 is 0. The highest BCUT2D eigenvalue weighted by atomic mass is 16.5. The first kappa shape index (κ1) is 19.1. The first-order chi connectivity index (χ1) is 11.4. The lowest BCUT2D eigenvalue weighted by Gasteiger charge is -2.43. The number of hydrogen-bond acceptors (Lipinski definition) is 5. The standard InChI is InChI=1S/C17H31N3O4/c1-13(2)20-15(21)17(19(16(20)22)10-11-23-4)6-8-18(9-7-17)14(3)12-24-5/h13-14H,6-12H2,1-5H3/t14-/m1/s1. The number of amides is 3. The minimum atomic E-state index is -0.705. The van der Waals surface area contributed by atoms with Crippen molar-refractivity contribution in [2.45, 2.75) is 51.2 Å². The molecule has 1 atom stereocenters. The molecule has 0 aromatic carbocycles. The minimum Gasteiger partial charge on any atom is -0.383 e. The van der Waals surface area contributed by atoms with Crippen LogP contribution in [0.2, 0.25) is 0 Å². The molecule has 0 bridgehead atoms. The van der Waals surface area contributed by atoms with Crippen molar-refractivity contribution in [3.8, 4) is 0 Å². The smallest absolute Gasteiger partial charge is 0.327 e. The predicted octanol–water partition coefficient (Wildman–Crippen LogP) is 1.17. The number of piperidine rings is 1. The SMILES string of the molecule is COCCN1C(=O)N(C(C)C)C(=O)C12CCN([C@H](C)COC)CC2. The molecular formula is C17H31N3O4. The maximum absolute atomic E-state index is 13.1. The van der Waals surface area contributed by atoms with E-state index in [1.165, 1.54) is 4.90 Å². The highest BCUT2D eigenvalue weighted by Crippen LogP contribution is 2.38. The van der Waals surface area contributed by atoms with E-state index in [1.54, 1.807) is 19.1 Å². The zero-order valence-electron chi connectivity index (χ0n) is 15.6. The number of rotatable bonds is 7. The number of nitrogens with zero attached hydrogens (tertiary/aromatic N) is 3. The fraction of sp³-hybridized carbons (Fsp3) is 0.882. The first-order valence-electron chi connectivity index (χ1n) is 8.76. The van der Waals surface area contributed by atoms with Crippen molar-refractivity contribution in [3.63, 3.8) is 0 Å². The molecule has 2 fully saturated rings. The highest BCUT2D eigenvalue weighted by Gasteiger charge is 2.58. The molecule has 0 saturated carbocycles. The maximum atomic E-state index is 13.1. The molecule has 1 spiro atoms. The summed E-state index contributed by atoms with van der Waals surface area (Å²) in [5.74, 6) is -0.0438. The molecule has 0 N–H and O–H groups in total. The molecule has 2 aliphatic heterocycles. The molecule has 3 amide bonds. The molecule has 2 heterocycles. The van der Waals surface area contributed by atoms with Gasteiger partial charge in [-0.2, -0.15) is 0 Å². The fourth-order valence-corrected chi connectivity index (χ4v) is 3.85. The van der Waals surface area contributed by atoms with E-state index in [0.717, 1.165) is 13.1 Å². The van der Waals surface area contributed by atoms with Gasteiger partial charge in [0, 0.05) is 45.9 Å². The zero-order chi connectivity index (χ0) is 17.9. The van der Waals surface area contributed by atoms with Gasteiger partial charge in [0.15, 0.2) is 0 Å². The molecule has 2 rings (SSSR count). The Hall–Kier alpha value is -1.18. The summed E-state index contributed by atoms with van der Waals surface area (Å²) in [5.41, 5.74) is -0.705. The van der Waals surface area contributed by atoms with Gasteiger partial charge in [-0.05, 0) is 33.6 Å². The van der Waals surface area contributed by atoms with Crippen LogP contribution in [0.5, 0.6) is 0 Å². The lowest BCUT2D eigenvalue weighted by molar-refractivity contribution is -0.137. The third-order valence-electron chi connectivity index (χ3n) is 5.26. The Balaban J connectivity index is 2.19. The van der Waals surface area contributed by atoms with Crippen molar-refractivity contribution in [1.82, 2.24) is 14.7 Å². The summed E-state index contributed by atoms with van der Waals surface area (Å²) in [5, 5.41) is 0. The Morgan fingerprint density at radius 1 is 1.08 bits per heavy atom. The second-order valence-electron chi connectivity index (χ2n) is 7.07. The molecule has 2 aliphatic rings. The van der Waals surface area contributed by atoms with Crippen LogP contribution in [0.1, 0.15) is 33.6 Å². The van der Waals surface area contributed by atoms with Crippen LogP contribution in [0.3, 0.4) is 0 Å². The van der Waals surface area contributed by atoms with Crippen LogP contribution >= 0.6 is 0 Å². The fourth-order valence-electron chi connectivity index (χ4n) is 3.85. The molecule has 2 saturated heterocycles. The summed E-state index contributed by atoms with van der Waals surface area (Å²) in [7, 11) is 3.32. The molecule has 0 unspecified atom stereocenters. The van der Waals surface area contributed by atoms with Gasteiger partial charge in [-0.3, -0.25) is 14.6 Å². The Morgan fingerprint density at radius 2 is 1.71 bits per heavy atom. The average molecular weight is 341 g/mol. The quantitative estimate of drug-likeness (QED) is 0.651. The molecule has 7 nitrogen and oxygen atoms in total. The maximum Gasteiger partial charge on any atom is 0.327 e. The molecule has 7 heteroatoms. The van der Waals surface area contributed by atoms with Gasteiger partial charge in [-0.25, -0.2) is 4.79 Å². The van der Waals surface area contributed by atoms with Gasteiger partial charge in [0.25, 0.3) is 5.91 Å². The van der Waals surface area contributed by atoms with Crippen LogP contribution in [0.15, 0.2) is 0 Å². The van der Waals surface area contributed by atoms with Crippen LogP contribution in [-0.4, -0.2) is 91.3 Å². The number of imide groups is 1. The topological polar surface area (TPSA) is 62.3 Å². The van der Waals surface area contributed by atoms with E-state index < -0.39 is 5.54 Å². The third-order valence-corrected chi connectivity index (χ3v) is 5.26. The summed E-state index contributed by atoms with van der Waals surface area (Å²) in [6.45, 7) is 9.06. The Bertz CT molecular complexity index is 461. The van der Waals surface area contributed by atoms with E-state index in [4.69, 9.17) is 9.47 Å². The zero-order valence-corrected chi connectivity index (χ0v) is 15.6. The van der Waals surface area contributed by atoms with Crippen molar-refractivity contribution < 1.29 is 19.1 Å². The number of ether oxygens (including phenoxy) is 2. The van der Waals surface area contributed by atoms with Crippen molar-refractivity contribution >= 4 is 11.9 Å². The van der Waals surface area contributed by atoms with Gasteiger partial charge in [0.1, 0.15) is 5.54 Å². The van der Waals surface area contributed by atoms with Crippen molar-refractivity contribution in [2.75, 3.05) is 47.1 Å². The van der Waals surface area contributed by atoms with E-state index in [2.05, 4.69) is 11.8 Å². The average Bonchev–Trinajstić information content (AvgIpc) is 2.74. The third kappa shape index (κ3) is 3.30. The van der Waals surface area contributed by atoms with Crippen LogP contribution in [0.25, 0.3) is 0 Å². The van der Waals surface area contributed by atoms with Crippen molar-refractivity contribution in [2.24, 2.45) is 0 Å². The molecule has 24 heavy (non-hydrogen) atoms. The minimum absolute atomic E-state index is 0.0438. The summed E-state index contributed by atoms with van der Waals surface area (Å²) in [4.78, 5) is 31.4.